The number of nitrogens with one attached hydrogen (secondary N) is 1. The Morgan fingerprint density at radius 1 is 0.880 bits per heavy atom. The maximum Gasteiger partial charge on any atom is 0.255 e. The number of benzene rings is 3. The Labute approximate surface area is 147 Å². The molecule has 3 aromatic carbocycles. The van der Waals surface area contributed by atoms with Gasteiger partial charge in [0.25, 0.3) is 5.91 Å². The topological polar surface area (TPSA) is 64.3 Å². The van der Waals surface area contributed by atoms with E-state index in [0.29, 0.717) is 18.7 Å². The molecule has 3 aromatic rings. The molecule has 0 atom stereocenters. The van der Waals surface area contributed by atoms with Gasteiger partial charge >= 0.3 is 0 Å². The SMILES string of the molecule is NCc1ccccc1NC(=O)c1ccc(OCc2ccccc2)cc1. The Kier molecular flexibility index (Phi) is 5.44. The van der Waals surface area contributed by atoms with Crippen molar-refractivity contribution in [3.05, 3.63) is 95.6 Å². The lowest BCUT2D eigenvalue weighted by Crippen LogP contribution is -2.14. The summed E-state index contributed by atoms with van der Waals surface area (Å²) in [5.41, 5.74) is 9.00. The highest BCUT2D eigenvalue weighted by Crippen LogP contribution is 2.18. The van der Waals surface area contributed by atoms with Crippen LogP contribution in [0.25, 0.3) is 0 Å². The van der Waals surface area contributed by atoms with Gasteiger partial charge in [-0.2, -0.15) is 0 Å². The van der Waals surface area contributed by atoms with E-state index in [-0.39, 0.29) is 5.91 Å². The number of hydrogen-bond acceptors (Lipinski definition) is 3. The van der Waals surface area contributed by atoms with Gasteiger partial charge in [0.1, 0.15) is 12.4 Å². The summed E-state index contributed by atoms with van der Waals surface area (Å²) < 4.78 is 5.73. The van der Waals surface area contributed by atoms with Crippen LogP contribution in [0.15, 0.2) is 78.9 Å². The number of hydrogen-bond donors (Lipinski definition) is 2. The van der Waals surface area contributed by atoms with E-state index in [9.17, 15) is 4.79 Å². The molecule has 0 aromatic heterocycles. The molecule has 0 aliphatic heterocycles. The quantitative estimate of drug-likeness (QED) is 0.718. The molecule has 4 nitrogen and oxygen atoms in total. The summed E-state index contributed by atoms with van der Waals surface area (Å²) in [5.74, 6) is 0.554. The molecule has 0 fully saturated rings. The predicted molar refractivity (Wildman–Crippen MR) is 99.5 cm³/mol. The first kappa shape index (κ1) is 16.7. The average Bonchev–Trinajstić information content (AvgIpc) is 2.68. The summed E-state index contributed by atoms with van der Waals surface area (Å²) in [6, 6.07) is 24.6. The van der Waals surface area contributed by atoms with E-state index in [2.05, 4.69) is 5.32 Å². The number of carbonyl (C=O) groups excluding carboxylic acids is 1. The fourth-order valence-electron chi connectivity index (χ4n) is 2.46. The molecule has 0 saturated heterocycles. The van der Waals surface area contributed by atoms with E-state index in [1.165, 1.54) is 0 Å². The normalized spacial score (nSPS) is 10.3. The fourth-order valence-corrected chi connectivity index (χ4v) is 2.46. The van der Waals surface area contributed by atoms with Crippen LogP contribution in [-0.2, 0) is 13.2 Å². The van der Waals surface area contributed by atoms with E-state index in [1.54, 1.807) is 24.3 Å². The first-order valence-electron chi connectivity index (χ1n) is 8.12. The highest BCUT2D eigenvalue weighted by atomic mass is 16.5. The van der Waals surface area contributed by atoms with Crippen molar-refractivity contribution in [2.75, 3.05) is 5.32 Å². The summed E-state index contributed by atoms with van der Waals surface area (Å²) in [5, 5.41) is 2.90. The molecule has 0 heterocycles. The van der Waals surface area contributed by atoms with Gasteiger partial charge in [-0.3, -0.25) is 4.79 Å². The summed E-state index contributed by atoms with van der Waals surface area (Å²) in [7, 11) is 0. The fraction of sp³-hybridized carbons (Fsp3) is 0.0952. The maximum absolute atomic E-state index is 12.4. The lowest BCUT2D eigenvalue weighted by Gasteiger charge is -2.10. The Bertz CT molecular complexity index is 830. The smallest absolute Gasteiger partial charge is 0.255 e. The van der Waals surface area contributed by atoms with Crippen molar-refractivity contribution in [3.63, 3.8) is 0 Å². The largest absolute Gasteiger partial charge is 0.489 e. The molecule has 4 heteroatoms. The first-order chi connectivity index (χ1) is 12.3. The Morgan fingerprint density at radius 2 is 1.56 bits per heavy atom. The molecule has 3 rings (SSSR count). The second-order valence-corrected chi connectivity index (χ2v) is 5.61. The van der Waals surface area contributed by atoms with Crippen LogP contribution in [-0.4, -0.2) is 5.91 Å². The van der Waals surface area contributed by atoms with Crippen molar-refractivity contribution in [2.24, 2.45) is 5.73 Å². The monoisotopic (exact) mass is 332 g/mol. The number of carbonyl (C=O) groups is 1. The van der Waals surface area contributed by atoms with Gasteiger partial charge in [-0.15, -0.1) is 0 Å². The van der Waals surface area contributed by atoms with Crippen LogP contribution in [0.5, 0.6) is 5.75 Å². The second-order valence-electron chi connectivity index (χ2n) is 5.61. The molecule has 25 heavy (non-hydrogen) atoms. The zero-order valence-electron chi connectivity index (χ0n) is 13.8. The number of ether oxygens (including phenoxy) is 1. The van der Waals surface area contributed by atoms with Crippen molar-refractivity contribution in [1.29, 1.82) is 0 Å². The van der Waals surface area contributed by atoms with Crippen molar-refractivity contribution in [2.45, 2.75) is 13.2 Å². The van der Waals surface area contributed by atoms with Crippen LogP contribution in [0.2, 0.25) is 0 Å². The van der Waals surface area contributed by atoms with Crippen LogP contribution < -0.4 is 15.8 Å². The molecule has 0 unspecified atom stereocenters. The predicted octanol–water partition coefficient (Wildman–Crippen LogP) is 3.98. The van der Waals surface area contributed by atoms with Crippen LogP contribution in [0.4, 0.5) is 5.69 Å². The highest BCUT2D eigenvalue weighted by Gasteiger charge is 2.08. The van der Waals surface area contributed by atoms with E-state index in [4.69, 9.17) is 10.5 Å². The van der Waals surface area contributed by atoms with Gasteiger partial charge in [0.05, 0.1) is 0 Å². The minimum absolute atomic E-state index is 0.171. The molecular weight excluding hydrogens is 312 g/mol. The molecule has 0 aliphatic rings. The standard InChI is InChI=1S/C21H20N2O2/c22-14-18-8-4-5-9-20(18)23-21(24)17-10-12-19(13-11-17)25-15-16-6-2-1-3-7-16/h1-13H,14-15,22H2,(H,23,24). The lowest BCUT2D eigenvalue weighted by atomic mass is 10.1. The third kappa shape index (κ3) is 4.46. The van der Waals surface area contributed by atoms with E-state index in [0.717, 1.165) is 22.6 Å². The molecule has 3 N–H and O–H groups in total. The molecule has 1 amide bonds. The number of para-hydroxylation sites is 1. The van der Waals surface area contributed by atoms with E-state index >= 15 is 0 Å². The molecule has 0 aliphatic carbocycles. The Morgan fingerprint density at radius 3 is 2.28 bits per heavy atom. The molecule has 126 valence electrons. The van der Waals surface area contributed by atoms with Crippen molar-refractivity contribution in [3.8, 4) is 5.75 Å². The van der Waals surface area contributed by atoms with Gasteiger partial charge in [-0.25, -0.2) is 0 Å². The second kappa shape index (κ2) is 8.13. The lowest BCUT2D eigenvalue weighted by molar-refractivity contribution is 0.102. The zero-order valence-corrected chi connectivity index (χ0v) is 13.8. The van der Waals surface area contributed by atoms with Crippen molar-refractivity contribution < 1.29 is 9.53 Å². The molecule has 0 radical (unpaired) electrons. The Balaban J connectivity index is 1.62. The van der Waals surface area contributed by atoms with E-state index < -0.39 is 0 Å². The molecule has 0 bridgehead atoms. The highest BCUT2D eigenvalue weighted by molar-refractivity contribution is 6.04. The third-order valence-corrected chi connectivity index (χ3v) is 3.85. The van der Waals surface area contributed by atoms with Gasteiger partial charge in [0.2, 0.25) is 0 Å². The number of nitrogens with two attached hydrogens (primary N) is 1. The molecular formula is C21H20N2O2. The minimum atomic E-state index is -0.171. The molecule has 0 spiro atoms. The zero-order chi connectivity index (χ0) is 17.5. The minimum Gasteiger partial charge on any atom is -0.489 e. The first-order valence-corrected chi connectivity index (χ1v) is 8.12. The van der Waals surface area contributed by atoms with Crippen LogP contribution in [0.3, 0.4) is 0 Å². The van der Waals surface area contributed by atoms with E-state index in [1.807, 2.05) is 54.6 Å². The average molecular weight is 332 g/mol. The Hall–Kier alpha value is -3.11. The number of amides is 1. The van der Waals surface area contributed by atoms with Gasteiger partial charge < -0.3 is 15.8 Å². The number of rotatable bonds is 6. The summed E-state index contributed by atoms with van der Waals surface area (Å²) in [6.45, 7) is 0.874. The van der Waals surface area contributed by atoms with Gasteiger partial charge in [-0.05, 0) is 41.5 Å². The number of anilines is 1. The summed E-state index contributed by atoms with van der Waals surface area (Å²) in [6.07, 6.45) is 0. The van der Waals surface area contributed by atoms with Crippen molar-refractivity contribution in [1.82, 2.24) is 0 Å². The van der Waals surface area contributed by atoms with Gasteiger partial charge in [-0.1, -0.05) is 48.5 Å². The van der Waals surface area contributed by atoms with Crippen molar-refractivity contribution >= 4 is 11.6 Å². The van der Waals surface area contributed by atoms with Crippen LogP contribution >= 0.6 is 0 Å². The van der Waals surface area contributed by atoms with Gasteiger partial charge in [0, 0.05) is 17.8 Å². The molecule has 0 saturated carbocycles. The van der Waals surface area contributed by atoms with Gasteiger partial charge in [0.15, 0.2) is 0 Å². The summed E-state index contributed by atoms with van der Waals surface area (Å²) >= 11 is 0. The third-order valence-electron chi connectivity index (χ3n) is 3.85. The van der Waals surface area contributed by atoms with Crippen LogP contribution in [0.1, 0.15) is 21.5 Å². The van der Waals surface area contributed by atoms with Crippen LogP contribution in [0, 0.1) is 0 Å². The summed E-state index contributed by atoms with van der Waals surface area (Å²) in [4.78, 5) is 12.4. The maximum atomic E-state index is 12.4.